The quantitative estimate of drug-likeness (QED) is 0.135. The summed E-state index contributed by atoms with van der Waals surface area (Å²) in [5.41, 5.74) is 3.97. The molecule has 4 heterocycles. The lowest BCUT2D eigenvalue weighted by molar-refractivity contribution is -0.689. The van der Waals surface area contributed by atoms with E-state index >= 15 is 0 Å². The Morgan fingerprint density at radius 3 is 2.62 bits per heavy atom. The number of carbonyl (C=O) groups is 4. The van der Waals surface area contributed by atoms with Gasteiger partial charge in [0.15, 0.2) is 29.8 Å². The molecule has 5 N–H and O–H groups in total. The van der Waals surface area contributed by atoms with Crippen molar-refractivity contribution in [1.82, 2.24) is 20.2 Å². The van der Waals surface area contributed by atoms with Crippen LogP contribution in [0.15, 0.2) is 46.6 Å². The van der Waals surface area contributed by atoms with Crippen molar-refractivity contribution in [2.24, 2.45) is 5.16 Å². The fraction of sp³-hybridized carbons (Fsp3) is 0.333. The number of thiazole rings is 1. The van der Waals surface area contributed by atoms with Gasteiger partial charge in [-0.05, 0) is 13.8 Å². The van der Waals surface area contributed by atoms with E-state index in [1.54, 1.807) is 29.4 Å². The minimum Gasteiger partial charge on any atom is -0.478 e. The van der Waals surface area contributed by atoms with Crippen LogP contribution in [-0.4, -0.2) is 77.3 Å². The molecular formula is C21H22N7O7S2+. The number of amides is 2. The van der Waals surface area contributed by atoms with Gasteiger partial charge in [0.05, 0.1) is 12.4 Å². The number of nitrogens with two attached hydrogens (primary N) is 1. The molecule has 0 radical (unpaired) electrons. The number of nitrogen functional groups attached to an aromatic ring is 1. The number of fused-ring (bicyclic) bond motifs is 1. The molecule has 0 saturated carbocycles. The minimum atomic E-state index is -1.75. The van der Waals surface area contributed by atoms with E-state index in [0.29, 0.717) is 11.3 Å². The topological polar surface area (TPSA) is 201 Å². The Hall–Kier alpha value is -4.05. The molecule has 1 saturated heterocycles. The van der Waals surface area contributed by atoms with E-state index < -0.39 is 40.8 Å². The number of carbonyl (C=O) groups excluding carboxylic acids is 2. The SMILES string of the molecule is CC(C)(O/N=C(\C(=O)NC1C(=O)N2C(C(=O)O)=C(C[n+]3ccncc3)CS[C@H]12)c1csc(N)n1)C(=O)O. The number of carboxylic acids is 2. The first-order valence-electron chi connectivity index (χ1n) is 10.7. The molecule has 4 rings (SSSR count). The zero-order valence-electron chi connectivity index (χ0n) is 19.5. The summed E-state index contributed by atoms with van der Waals surface area (Å²) in [5.74, 6) is -3.71. The number of nitrogens with zero attached hydrogens (tertiary/aromatic N) is 5. The Morgan fingerprint density at radius 2 is 2.03 bits per heavy atom. The van der Waals surface area contributed by atoms with Crippen molar-refractivity contribution in [3.8, 4) is 0 Å². The van der Waals surface area contributed by atoms with Crippen LogP contribution >= 0.6 is 23.1 Å². The molecule has 0 aliphatic carbocycles. The molecule has 2 aliphatic rings. The van der Waals surface area contributed by atoms with Crippen molar-refractivity contribution >= 4 is 57.7 Å². The maximum Gasteiger partial charge on any atom is 0.352 e. The van der Waals surface area contributed by atoms with Crippen molar-refractivity contribution in [3.63, 3.8) is 0 Å². The van der Waals surface area contributed by atoms with E-state index in [1.807, 2.05) is 0 Å². The Bertz CT molecular complexity index is 1330. The average Bonchev–Trinajstić information content (AvgIpc) is 3.28. The van der Waals surface area contributed by atoms with Gasteiger partial charge in [-0.3, -0.25) is 19.5 Å². The maximum absolute atomic E-state index is 13.1. The third-order valence-corrected chi connectivity index (χ3v) is 7.47. The van der Waals surface area contributed by atoms with E-state index in [4.69, 9.17) is 10.6 Å². The Kier molecular flexibility index (Phi) is 7.13. The molecule has 2 atom stereocenters. The van der Waals surface area contributed by atoms with E-state index in [-0.39, 0.29) is 28.8 Å². The predicted molar refractivity (Wildman–Crippen MR) is 130 cm³/mol. The summed E-state index contributed by atoms with van der Waals surface area (Å²) in [6.45, 7) is 2.75. The molecule has 16 heteroatoms. The second kappa shape index (κ2) is 10.1. The second-order valence-corrected chi connectivity index (χ2v) is 10.4. The minimum absolute atomic E-state index is 0.0314. The van der Waals surface area contributed by atoms with E-state index in [0.717, 1.165) is 16.2 Å². The summed E-state index contributed by atoms with van der Waals surface area (Å²) in [6.07, 6.45) is 6.50. The zero-order chi connectivity index (χ0) is 26.9. The molecule has 37 heavy (non-hydrogen) atoms. The summed E-state index contributed by atoms with van der Waals surface area (Å²) in [4.78, 5) is 63.7. The number of β-lactam (4-membered cyclic amide) rings is 1. The standard InChI is InChI=1S/C21H21N7O7S2/c1-21(2,19(33)34)35-26-12(11-9-37-20(22)24-11)15(29)25-13-16(30)28-14(18(31)32)10(8-36-17(13)28)7-27-5-3-23-4-6-27/h3-6,9,13,17H,7-8H2,1-2H3,(H4-,22,24,25,29,31,32,33,34)/p+1/b26-12-/t13?,17-/m1/s1. The van der Waals surface area contributed by atoms with Crippen LogP contribution in [0.2, 0.25) is 0 Å². The van der Waals surface area contributed by atoms with Crippen LogP contribution in [-0.2, 0) is 30.6 Å². The first kappa shape index (κ1) is 26.0. The first-order chi connectivity index (χ1) is 17.5. The molecule has 2 aromatic rings. The lowest BCUT2D eigenvalue weighted by Gasteiger charge is -2.49. The van der Waals surface area contributed by atoms with Crippen molar-refractivity contribution in [1.29, 1.82) is 0 Å². The number of carboxylic acid groups (broad SMARTS) is 2. The second-order valence-electron chi connectivity index (χ2n) is 8.45. The van der Waals surface area contributed by atoms with E-state index in [1.165, 1.54) is 31.0 Å². The Labute approximate surface area is 217 Å². The van der Waals surface area contributed by atoms with Gasteiger partial charge in [-0.15, -0.1) is 23.1 Å². The van der Waals surface area contributed by atoms with Crippen molar-refractivity contribution in [2.75, 3.05) is 11.5 Å². The number of rotatable bonds is 9. The molecule has 1 fully saturated rings. The monoisotopic (exact) mass is 548 g/mol. The van der Waals surface area contributed by atoms with Crippen molar-refractivity contribution in [3.05, 3.63) is 47.1 Å². The number of hydrogen-bond donors (Lipinski definition) is 4. The van der Waals surface area contributed by atoms with Gasteiger partial charge in [0, 0.05) is 16.7 Å². The molecule has 0 bridgehead atoms. The summed E-state index contributed by atoms with van der Waals surface area (Å²) in [5, 5.41) is 26.3. The number of nitrogens with one attached hydrogen (secondary N) is 1. The molecule has 2 aliphatic heterocycles. The zero-order valence-corrected chi connectivity index (χ0v) is 21.2. The third-order valence-electron chi connectivity index (χ3n) is 5.46. The number of aliphatic carboxylic acids is 2. The van der Waals surface area contributed by atoms with Crippen LogP contribution in [0.3, 0.4) is 0 Å². The molecule has 1 unspecified atom stereocenters. The van der Waals surface area contributed by atoms with Crippen LogP contribution in [0, 0.1) is 0 Å². The van der Waals surface area contributed by atoms with Crippen molar-refractivity contribution < 1.29 is 38.8 Å². The lowest BCUT2D eigenvalue weighted by Crippen LogP contribution is -2.71. The molecule has 0 aromatic carbocycles. The normalized spacial score (nSPS) is 19.7. The Balaban J connectivity index is 1.55. The van der Waals surface area contributed by atoms with Gasteiger partial charge in [0.2, 0.25) is 5.60 Å². The number of aromatic nitrogens is 3. The number of anilines is 1. The Morgan fingerprint density at radius 1 is 1.32 bits per heavy atom. The predicted octanol–water partition coefficient (Wildman–Crippen LogP) is -0.569. The summed E-state index contributed by atoms with van der Waals surface area (Å²) < 4.78 is 1.75. The highest BCUT2D eigenvalue weighted by atomic mass is 32.2. The summed E-state index contributed by atoms with van der Waals surface area (Å²) in [7, 11) is 0. The van der Waals surface area contributed by atoms with Crippen LogP contribution in [0.5, 0.6) is 0 Å². The average molecular weight is 549 g/mol. The molecule has 0 spiro atoms. The van der Waals surface area contributed by atoms with Crippen LogP contribution < -0.4 is 15.6 Å². The number of oxime groups is 1. The third kappa shape index (κ3) is 5.24. The van der Waals surface area contributed by atoms with Gasteiger partial charge in [-0.2, -0.15) is 4.57 Å². The van der Waals surface area contributed by atoms with Gasteiger partial charge in [-0.25, -0.2) is 14.6 Å². The van der Waals surface area contributed by atoms with Crippen LogP contribution in [0.25, 0.3) is 0 Å². The highest BCUT2D eigenvalue weighted by Crippen LogP contribution is 2.40. The van der Waals surface area contributed by atoms with E-state index in [9.17, 15) is 29.4 Å². The first-order valence-corrected chi connectivity index (χ1v) is 12.6. The van der Waals surface area contributed by atoms with E-state index in [2.05, 4.69) is 20.4 Å². The molecule has 194 valence electrons. The molecule has 14 nitrogen and oxygen atoms in total. The molecule has 2 aromatic heterocycles. The van der Waals surface area contributed by atoms with Gasteiger partial charge >= 0.3 is 11.9 Å². The largest absolute Gasteiger partial charge is 0.478 e. The lowest BCUT2D eigenvalue weighted by atomic mass is 10.0. The van der Waals surface area contributed by atoms with Gasteiger partial charge in [0.25, 0.3) is 11.8 Å². The summed E-state index contributed by atoms with van der Waals surface area (Å²) in [6, 6.07) is -1.05. The highest BCUT2D eigenvalue weighted by Gasteiger charge is 2.54. The smallest absolute Gasteiger partial charge is 0.352 e. The fourth-order valence-electron chi connectivity index (χ4n) is 3.49. The summed E-state index contributed by atoms with van der Waals surface area (Å²) >= 11 is 2.34. The van der Waals surface area contributed by atoms with Crippen molar-refractivity contribution in [2.45, 2.75) is 37.4 Å². The molecular weight excluding hydrogens is 526 g/mol. The highest BCUT2D eigenvalue weighted by molar-refractivity contribution is 8.00. The van der Waals surface area contributed by atoms with Gasteiger partial charge in [0.1, 0.15) is 22.8 Å². The van der Waals surface area contributed by atoms with Crippen LogP contribution in [0.1, 0.15) is 19.5 Å². The number of hydrogen-bond acceptors (Lipinski definition) is 11. The molecule has 2 amide bonds. The maximum atomic E-state index is 13.1. The van der Waals surface area contributed by atoms with Gasteiger partial charge in [-0.1, -0.05) is 5.16 Å². The van der Waals surface area contributed by atoms with Gasteiger partial charge < -0.3 is 26.1 Å². The fourth-order valence-corrected chi connectivity index (χ4v) is 5.37. The number of thioether (sulfide) groups is 1. The van der Waals surface area contributed by atoms with Crippen LogP contribution in [0.4, 0.5) is 5.13 Å².